The zero-order chi connectivity index (χ0) is 12.5. The topological polar surface area (TPSA) is 67.9 Å². The fourth-order valence-electron chi connectivity index (χ4n) is 1.28. The molecule has 0 aliphatic carbocycles. The maximum atomic E-state index is 11.2. The summed E-state index contributed by atoms with van der Waals surface area (Å²) in [6.45, 7) is 5.06. The first-order chi connectivity index (χ1) is 8.22. The van der Waals surface area contributed by atoms with E-state index in [0.717, 1.165) is 19.3 Å². The van der Waals surface area contributed by atoms with E-state index in [-0.39, 0.29) is 18.0 Å². The smallest absolute Gasteiger partial charge is 0.305 e. The van der Waals surface area contributed by atoms with Gasteiger partial charge in [0.1, 0.15) is 12.7 Å². The van der Waals surface area contributed by atoms with Crippen molar-refractivity contribution in [3.8, 4) is 0 Å². The van der Waals surface area contributed by atoms with Gasteiger partial charge in [-0.1, -0.05) is 13.0 Å². The summed E-state index contributed by atoms with van der Waals surface area (Å²) in [5, 5.41) is 2.68. The second-order valence-corrected chi connectivity index (χ2v) is 3.94. The largest absolute Gasteiger partial charge is 0.463 e. The summed E-state index contributed by atoms with van der Waals surface area (Å²) in [4.78, 5) is 22.0. The van der Waals surface area contributed by atoms with Crippen molar-refractivity contribution in [3.63, 3.8) is 0 Å². The summed E-state index contributed by atoms with van der Waals surface area (Å²) in [5.74, 6) is -0.329. The average molecular weight is 241 g/mol. The van der Waals surface area contributed by atoms with Gasteiger partial charge in [0.2, 0.25) is 5.91 Å². The van der Waals surface area contributed by atoms with E-state index in [0.29, 0.717) is 26.2 Å². The van der Waals surface area contributed by atoms with Gasteiger partial charge in [0.25, 0.3) is 0 Å². The monoisotopic (exact) mass is 241 g/mol. The molecule has 5 nitrogen and oxygen atoms in total. The first-order valence-electron chi connectivity index (χ1n) is 5.90. The van der Waals surface area contributed by atoms with Crippen LogP contribution in [0.1, 0.15) is 25.7 Å². The predicted octanol–water partition coefficient (Wildman–Crippen LogP) is 0.791. The van der Waals surface area contributed by atoms with Crippen molar-refractivity contribution in [1.82, 2.24) is 5.32 Å². The zero-order valence-electron chi connectivity index (χ0n) is 9.94. The number of epoxide rings is 1. The molecule has 1 N–H and O–H groups in total. The molecule has 0 saturated carbocycles. The fourth-order valence-corrected chi connectivity index (χ4v) is 1.28. The number of ether oxygens (including phenoxy) is 2. The molecular formula is C12H19NO4. The van der Waals surface area contributed by atoms with Crippen LogP contribution in [0.25, 0.3) is 0 Å². The van der Waals surface area contributed by atoms with E-state index in [1.165, 1.54) is 6.08 Å². The van der Waals surface area contributed by atoms with E-state index in [2.05, 4.69) is 11.9 Å². The van der Waals surface area contributed by atoms with Crippen LogP contribution < -0.4 is 5.32 Å². The van der Waals surface area contributed by atoms with Gasteiger partial charge in [-0.05, 0) is 18.9 Å². The van der Waals surface area contributed by atoms with E-state index in [1.807, 2.05) is 0 Å². The van der Waals surface area contributed by atoms with E-state index < -0.39 is 0 Å². The lowest BCUT2D eigenvalue weighted by molar-refractivity contribution is -0.144. The lowest BCUT2D eigenvalue weighted by Gasteiger charge is -2.03. The van der Waals surface area contributed by atoms with Gasteiger partial charge in [0.15, 0.2) is 0 Å². The van der Waals surface area contributed by atoms with Gasteiger partial charge in [-0.15, -0.1) is 0 Å². The Bertz CT molecular complexity index is 274. The minimum absolute atomic E-state index is 0.132. The molecule has 1 saturated heterocycles. The van der Waals surface area contributed by atoms with Crippen LogP contribution in [0.3, 0.4) is 0 Å². The maximum absolute atomic E-state index is 11.2. The van der Waals surface area contributed by atoms with E-state index in [4.69, 9.17) is 9.47 Å². The van der Waals surface area contributed by atoms with Gasteiger partial charge in [-0.3, -0.25) is 9.59 Å². The summed E-state index contributed by atoms with van der Waals surface area (Å²) >= 11 is 0. The van der Waals surface area contributed by atoms with Crippen molar-refractivity contribution >= 4 is 11.9 Å². The first-order valence-corrected chi connectivity index (χ1v) is 5.90. The van der Waals surface area contributed by atoms with Crippen molar-refractivity contribution in [2.45, 2.75) is 31.8 Å². The van der Waals surface area contributed by atoms with Crippen molar-refractivity contribution in [3.05, 3.63) is 12.7 Å². The van der Waals surface area contributed by atoms with Crippen LogP contribution in [-0.4, -0.2) is 37.7 Å². The number of carbonyl (C=O) groups is 2. The minimum Gasteiger partial charge on any atom is -0.463 e. The molecule has 17 heavy (non-hydrogen) atoms. The first kappa shape index (κ1) is 13.7. The molecule has 1 heterocycles. The highest BCUT2D eigenvalue weighted by atomic mass is 16.6. The SMILES string of the molecule is C=CC(=O)NCCCCCC(=O)OCC1CO1. The third-order valence-corrected chi connectivity index (χ3v) is 2.37. The number of hydrogen-bond donors (Lipinski definition) is 1. The number of amides is 1. The molecule has 0 spiro atoms. The maximum Gasteiger partial charge on any atom is 0.305 e. The number of esters is 1. The number of carbonyl (C=O) groups excluding carboxylic acids is 2. The van der Waals surface area contributed by atoms with Crippen LogP contribution in [-0.2, 0) is 19.1 Å². The molecular weight excluding hydrogens is 222 g/mol. The molecule has 0 radical (unpaired) electrons. The summed E-state index contributed by atoms with van der Waals surface area (Å²) in [7, 11) is 0. The lowest BCUT2D eigenvalue weighted by Crippen LogP contribution is -2.21. The molecule has 0 aromatic carbocycles. The summed E-state index contributed by atoms with van der Waals surface area (Å²) in [6, 6.07) is 0. The normalized spacial score (nSPS) is 17.3. The molecule has 1 amide bonds. The van der Waals surface area contributed by atoms with E-state index in [9.17, 15) is 9.59 Å². The summed E-state index contributed by atoms with van der Waals surface area (Å²) in [5.41, 5.74) is 0. The highest BCUT2D eigenvalue weighted by molar-refractivity contribution is 5.86. The fraction of sp³-hybridized carbons (Fsp3) is 0.667. The van der Waals surface area contributed by atoms with Crippen LogP contribution in [0.5, 0.6) is 0 Å². The van der Waals surface area contributed by atoms with E-state index in [1.54, 1.807) is 0 Å². The quantitative estimate of drug-likeness (QED) is 0.280. The van der Waals surface area contributed by atoms with Gasteiger partial charge < -0.3 is 14.8 Å². The van der Waals surface area contributed by atoms with Crippen molar-refractivity contribution < 1.29 is 19.1 Å². The Hall–Kier alpha value is -1.36. The van der Waals surface area contributed by atoms with Gasteiger partial charge in [0.05, 0.1) is 6.61 Å². The minimum atomic E-state index is -0.171. The van der Waals surface area contributed by atoms with Crippen LogP contribution in [0.15, 0.2) is 12.7 Å². The highest BCUT2D eigenvalue weighted by Crippen LogP contribution is 2.09. The summed E-state index contributed by atoms with van der Waals surface area (Å²) < 4.78 is 9.91. The van der Waals surface area contributed by atoms with Crippen molar-refractivity contribution in [1.29, 1.82) is 0 Å². The Morgan fingerprint density at radius 2 is 2.18 bits per heavy atom. The van der Waals surface area contributed by atoms with Crippen LogP contribution in [0.2, 0.25) is 0 Å². The third kappa shape index (κ3) is 7.52. The van der Waals surface area contributed by atoms with Crippen LogP contribution >= 0.6 is 0 Å². The Balaban J connectivity index is 1.83. The zero-order valence-corrected chi connectivity index (χ0v) is 9.94. The summed E-state index contributed by atoms with van der Waals surface area (Å²) in [6.07, 6.45) is 4.35. The molecule has 1 aliphatic heterocycles. The Morgan fingerprint density at radius 3 is 2.82 bits per heavy atom. The molecule has 0 bridgehead atoms. The Labute approximate surface area is 101 Å². The molecule has 5 heteroatoms. The standard InChI is InChI=1S/C12H19NO4/c1-2-11(14)13-7-5-3-4-6-12(15)17-9-10-8-16-10/h2,10H,1,3-9H2,(H,13,14). The Kier molecular flexibility index (Phi) is 6.32. The van der Waals surface area contributed by atoms with Gasteiger partial charge in [0, 0.05) is 13.0 Å². The Morgan fingerprint density at radius 1 is 1.41 bits per heavy atom. The molecule has 1 rings (SSSR count). The molecule has 1 fully saturated rings. The molecule has 96 valence electrons. The predicted molar refractivity (Wildman–Crippen MR) is 62.4 cm³/mol. The molecule has 1 aliphatic rings. The van der Waals surface area contributed by atoms with Crippen molar-refractivity contribution in [2.75, 3.05) is 19.8 Å². The highest BCUT2D eigenvalue weighted by Gasteiger charge is 2.23. The van der Waals surface area contributed by atoms with Crippen LogP contribution in [0.4, 0.5) is 0 Å². The number of unbranched alkanes of at least 4 members (excludes halogenated alkanes) is 2. The third-order valence-electron chi connectivity index (χ3n) is 2.37. The second-order valence-electron chi connectivity index (χ2n) is 3.94. The number of nitrogens with one attached hydrogen (secondary N) is 1. The molecule has 0 aromatic rings. The second kappa shape index (κ2) is 7.84. The number of hydrogen-bond acceptors (Lipinski definition) is 4. The van der Waals surface area contributed by atoms with Gasteiger partial charge in [-0.25, -0.2) is 0 Å². The lowest BCUT2D eigenvalue weighted by atomic mass is 10.2. The number of rotatable bonds is 9. The molecule has 0 aromatic heterocycles. The molecule has 1 unspecified atom stereocenters. The van der Waals surface area contributed by atoms with Gasteiger partial charge in [-0.2, -0.15) is 0 Å². The van der Waals surface area contributed by atoms with Crippen LogP contribution in [0, 0.1) is 0 Å². The molecule has 1 atom stereocenters. The van der Waals surface area contributed by atoms with E-state index >= 15 is 0 Å². The van der Waals surface area contributed by atoms with Crippen molar-refractivity contribution in [2.24, 2.45) is 0 Å². The average Bonchev–Trinajstić information content (AvgIpc) is 3.14. The van der Waals surface area contributed by atoms with Gasteiger partial charge >= 0.3 is 5.97 Å².